The fourth-order valence-electron chi connectivity index (χ4n) is 3.69. The number of benzene rings is 1. The average molecular weight is 389 g/mol. The zero-order chi connectivity index (χ0) is 20.1. The second-order valence-electron chi connectivity index (χ2n) is 7.24. The van der Waals surface area contributed by atoms with Crippen molar-refractivity contribution < 1.29 is 9.66 Å². The highest BCUT2D eigenvalue weighted by Crippen LogP contribution is 2.29. The summed E-state index contributed by atoms with van der Waals surface area (Å²) in [5.41, 5.74) is 1.13. The van der Waals surface area contributed by atoms with Gasteiger partial charge in [0.25, 0.3) is 5.69 Å². The lowest BCUT2D eigenvalue weighted by atomic mass is 10.0. The first-order valence-corrected chi connectivity index (χ1v) is 9.49. The van der Waals surface area contributed by atoms with E-state index in [1.165, 1.54) is 0 Å². The fraction of sp³-hybridized carbons (Fsp3) is 0.611. The predicted molar refractivity (Wildman–Crippen MR) is 104 cm³/mol. The molecule has 1 aliphatic heterocycles. The number of tetrazole rings is 1. The number of rotatable bonds is 8. The van der Waals surface area contributed by atoms with E-state index in [1.54, 1.807) is 19.2 Å². The van der Waals surface area contributed by atoms with Crippen molar-refractivity contribution in [3.05, 3.63) is 40.2 Å². The van der Waals surface area contributed by atoms with Gasteiger partial charge in [0, 0.05) is 51.1 Å². The molecule has 0 N–H and O–H groups in total. The maximum atomic E-state index is 10.8. The molecule has 1 atom stereocenters. The van der Waals surface area contributed by atoms with Crippen LogP contribution < -0.4 is 4.90 Å². The summed E-state index contributed by atoms with van der Waals surface area (Å²) < 4.78 is 6.99. The number of ether oxygens (including phenoxy) is 1. The van der Waals surface area contributed by atoms with Crippen LogP contribution in [0.5, 0.6) is 0 Å². The van der Waals surface area contributed by atoms with Gasteiger partial charge in [-0.25, -0.2) is 4.68 Å². The van der Waals surface area contributed by atoms with Gasteiger partial charge >= 0.3 is 0 Å². The standard InChI is InChI=1S/C18H27N7O3/c1-14(2)17(18-19-20-21-24(18)12-13-28-3)23-10-8-22(9-11-23)15-4-6-16(7-5-15)25(26)27/h4-7,14,17H,8-13H2,1-3H3/t17-/m1/s1. The van der Waals surface area contributed by atoms with E-state index < -0.39 is 0 Å². The smallest absolute Gasteiger partial charge is 0.269 e. The average Bonchev–Trinajstić information content (AvgIpc) is 3.15. The molecule has 10 nitrogen and oxygen atoms in total. The quantitative estimate of drug-likeness (QED) is 0.497. The number of aromatic nitrogens is 4. The number of nitro benzene ring substituents is 1. The minimum Gasteiger partial charge on any atom is -0.383 e. The molecule has 10 heteroatoms. The van der Waals surface area contributed by atoms with Crippen molar-refractivity contribution in [2.45, 2.75) is 26.4 Å². The molecule has 0 amide bonds. The highest BCUT2D eigenvalue weighted by atomic mass is 16.6. The van der Waals surface area contributed by atoms with E-state index in [0.717, 1.165) is 37.7 Å². The van der Waals surface area contributed by atoms with E-state index in [9.17, 15) is 10.1 Å². The Hall–Kier alpha value is -2.59. The number of hydrogen-bond donors (Lipinski definition) is 0. The Kier molecular flexibility index (Phi) is 6.53. The topological polar surface area (TPSA) is 102 Å². The second kappa shape index (κ2) is 9.07. The molecule has 1 saturated heterocycles. The third-order valence-electron chi connectivity index (χ3n) is 5.10. The van der Waals surface area contributed by atoms with Gasteiger partial charge in [-0.2, -0.15) is 0 Å². The van der Waals surface area contributed by atoms with E-state index in [1.807, 2.05) is 16.8 Å². The number of nitro groups is 1. The molecule has 0 aliphatic carbocycles. The van der Waals surface area contributed by atoms with E-state index in [-0.39, 0.29) is 16.7 Å². The maximum absolute atomic E-state index is 10.8. The summed E-state index contributed by atoms with van der Waals surface area (Å²) in [7, 11) is 1.67. The number of anilines is 1. The summed E-state index contributed by atoms with van der Waals surface area (Å²) in [5.74, 6) is 1.23. The van der Waals surface area contributed by atoms with Crippen LogP contribution in [0, 0.1) is 16.0 Å². The van der Waals surface area contributed by atoms with Crippen molar-refractivity contribution >= 4 is 11.4 Å². The highest BCUT2D eigenvalue weighted by Gasteiger charge is 2.31. The molecule has 0 bridgehead atoms. The third kappa shape index (κ3) is 4.45. The molecule has 0 radical (unpaired) electrons. The van der Waals surface area contributed by atoms with E-state index >= 15 is 0 Å². The van der Waals surface area contributed by atoms with Gasteiger partial charge < -0.3 is 9.64 Å². The summed E-state index contributed by atoms with van der Waals surface area (Å²) in [6.45, 7) is 9.00. The Morgan fingerprint density at radius 3 is 2.43 bits per heavy atom. The summed E-state index contributed by atoms with van der Waals surface area (Å²) in [5, 5.41) is 23.1. The van der Waals surface area contributed by atoms with Gasteiger partial charge in [0.2, 0.25) is 0 Å². The first-order valence-electron chi connectivity index (χ1n) is 9.49. The summed E-state index contributed by atoms with van der Waals surface area (Å²) in [6, 6.07) is 6.88. The number of methoxy groups -OCH3 is 1. The zero-order valence-corrected chi connectivity index (χ0v) is 16.6. The molecule has 152 valence electrons. The van der Waals surface area contributed by atoms with Crippen molar-refractivity contribution in [3.63, 3.8) is 0 Å². The van der Waals surface area contributed by atoms with Gasteiger partial charge in [0.05, 0.1) is 24.1 Å². The fourth-order valence-corrected chi connectivity index (χ4v) is 3.69. The SMILES string of the molecule is COCCn1nnnc1[C@@H](C(C)C)N1CCN(c2ccc([N+](=O)[O-])cc2)CC1. The van der Waals surface area contributed by atoms with E-state index in [4.69, 9.17) is 4.74 Å². The lowest BCUT2D eigenvalue weighted by molar-refractivity contribution is -0.384. The Labute approximate surface area is 164 Å². The monoisotopic (exact) mass is 389 g/mol. The van der Waals surface area contributed by atoms with Crippen LogP contribution in [0.4, 0.5) is 11.4 Å². The van der Waals surface area contributed by atoms with E-state index in [0.29, 0.717) is 19.1 Å². The molecule has 1 aromatic carbocycles. The van der Waals surface area contributed by atoms with Crippen LogP contribution in [-0.4, -0.2) is 69.9 Å². The molecule has 0 saturated carbocycles. The Balaban J connectivity index is 1.68. The first-order chi connectivity index (χ1) is 13.5. The summed E-state index contributed by atoms with van der Waals surface area (Å²) in [6.07, 6.45) is 0. The minimum atomic E-state index is -0.372. The van der Waals surface area contributed by atoms with Gasteiger partial charge in [0.15, 0.2) is 5.82 Å². The Morgan fingerprint density at radius 1 is 1.18 bits per heavy atom. The first kappa shape index (κ1) is 20.2. The molecule has 2 heterocycles. The molecular formula is C18H27N7O3. The Bertz CT molecular complexity index is 770. The van der Waals surface area contributed by atoms with Crippen LogP contribution in [-0.2, 0) is 11.3 Å². The number of piperazine rings is 1. The number of hydrogen-bond acceptors (Lipinski definition) is 8. The Morgan fingerprint density at radius 2 is 1.86 bits per heavy atom. The summed E-state index contributed by atoms with van der Waals surface area (Å²) in [4.78, 5) is 15.1. The van der Waals surface area contributed by atoms with Crippen molar-refractivity contribution in [2.75, 3.05) is 44.8 Å². The van der Waals surface area contributed by atoms with Crippen LogP contribution >= 0.6 is 0 Å². The summed E-state index contributed by atoms with van der Waals surface area (Å²) >= 11 is 0. The van der Waals surface area contributed by atoms with E-state index in [2.05, 4.69) is 39.2 Å². The molecular weight excluding hydrogens is 362 g/mol. The van der Waals surface area contributed by atoms with Crippen molar-refractivity contribution in [2.24, 2.45) is 5.92 Å². The van der Waals surface area contributed by atoms with Crippen molar-refractivity contribution in [1.82, 2.24) is 25.1 Å². The lowest BCUT2D eigenvalue weighted by Crippen LogP contribution is -2.49. The van der Waals surface area contributed by atoms with Gasteiger partial charge in [-0.3, -0.25) is 15.0 Å². The molecule has 1 aromatic heterocycles. The van der Waals surface area contributed by atoms with Crippen LogP contribution in [0.3, 0.4) is 0 Å². The maximum Gasteiger partial charge on any atom is 0.269 e. The minimum absolute atomic E-state index is 0.116. The van der Waals surface area contributed by atoms with Crippen LogP contribution in [0.1, 0.15) is 25.7 Å². The largest absolute Gasteiger partial charge is 0.383 e. The van der Waals surface area contributed by atoms with Crippen LogP contribution in [0.25, 0.3) is 0 Å². The highest BCUT2D eigenvalue weighted by molar-refractivity contribution is 5.51. The zero-order valence-electron chi connectivity index (χ0n) is 16.6. The normalized spacial score (nSPS) is 16.5. The van der Waals surface area contributed by atoms with Gasteiger partial charge in [-0.05, 0) is 28.5 Å². The molecule has 28 heavy (non-hydrogen) atoms. The molecule has 0 unspecified atom stereocenters. The molecule has 3 rings (SSSR count). The van der Waals surface area contributed by atoms with Gasteiger partial charge in [-0.1, -0.05) is 13.8 Å². The number of non-ortho nitro benzene ring substituents is 1. The molecule has 1 fully saturated rings. The van der Waals surface area contributed by atoms with Gasteiger partial charge in [-0.15, -0.1) is 5.10 Å². The van der Waals surface area contributed by atoms with Gasteiger partial charge in [0.1, 0.15) is 0 Å². The predicted octanol–water partition coefficient (Wildman–Crippen LogP) is 1.75. The van der Waals surface area contributed by atoms with Crippen molar-refractivity contribution in [1.29, 1.82) is 0 Å². The lowest BCUT2D eigenvalue weighted by Gasteiger charge is -2.41. The third-order valence-corrected chi connectivity index (χ3v) is 5.10. The van der Waals surface area contributed by atoms with Crippen LogP contribution in [0.2, 0.25) is 0 Å². The molecule has 1 aliphatic rings. The molecule has 0 spiro atoms. The van der Waals surface area contributed by atoms with Crippen LogP contribution in [0.15, 0.2) is 24.3 Å². The second-order valence-corrected chi connectivity index (χ2v) is 7.24. The number of nitrogens with zero attached hydrogens (tertiary/aromatic N) is 7. The van der Waals surface area contributed by atoms with Crippen molar-refractivity contribution in [3.8, 4) is 0 Å². The molecule has 2 aromatic rings.